The molecule has 2 aromatic carbocycles. The Balaban J connectivity index is 0.00000150. The van der Waals surface area contributed by atoms with Gasteiger partial charge in [-0.3, -0.25) is 5.41 Å². The number of aryl methyl sites for hydroxylation is 1. The van der Waals surface area contributed by atoms with Gasteiger partial charge in [-0.15, -0.1) is 24.8 Å². The zero-order valence-corrected chi connectivity index (χ0v) is 17.4. The van der Waals surface area contributed by atoms with Crippen molar-refractivity contribution in [3.63, 3.8) is 0 Å². The zero-order valence-electron chi connectivity index (χ0n) is 15.8. The Hall–Kier alpha value is -2.90. The van der Waals surface area contributed by atoms with Crippen molar-refractivity contribution in [3.8, 4) is 5.75 Å². The summed E-state index contributed by atoms with van der Waals surface area (Å²) >= 11 is 0. The number of halogens is 2. The molecule has 0 fully saturated rings. The average Bonchev–Trinajstić information content (AvgIpc) is 3.24. The Kier molecular flexibility index (Phi) is 6.66. The van der Waals surface area contributed by atoms with Gasteiger partial charge < -0.3 is 16.2 Å². The highest BCUT2D eigenvalue weighted by Crippen LogP contribution is 2.34. The first-order valence-corrected chi connectivity index (χ1v) is 8.64. The third kappa shape index (κ3) is 3.71. The lowest BCUT2D eigenvalue weighted by Gasteiger charge is -2.25. The van der Waals surface area contributed by atoms with Gasteiger partial charge in [0.1, 0.15) is 11.6 Å². The van der Waals surface area contributed by atoms with Crippen LogP contribution in [-0.2, 0) is 12.0 Å². The molecule has 1 heterocycles. The zero-order chi connectivity index (χ0) is 19.0. The van der Waals surface area contributed by atoms with Crippen LogP contribution in [0.4, 0.5) is 0 Å². The molecule has 0 spiro atoms. The van der Waals surface area contributed by atoms with Crippen LogP contribution in [0.1, 0.15) is 23.1 Å². The number of nitrogens with one attached hydrogen (secondary N) is 1. The molecule has 1 aliphatic carbocycles. The normalized spacial score (nSPS) is 20.8. The molecule has 1 unspecified atom stereocenters. The quantitative estimate of drug-likeness (QED) is 0.510. The van der Waals surface area contributed by atoms with Gasteiger partial charge in [0.25, 0.3) is 0 Å². The van der Waals surface area contributed by atoms with Gasteiger partial charge in [0.2, 0.25) is 11.5 Å². The van der Waals surface area contributed by atoms with E-state index in [9.17, 15) is 0 Å². The van der Waals surface area contributed by atoms with E-state index in [-0.39, 0.29) is 36.6 Å². The summed E-state index contributed by atoms with van der Waals surface area (Å²) in [6.07, 6.45) is 1.73. The van der Waals surface area contributed by atoms with Crippen molar-refractivity contribution in [2.45, 2.75) is 18.4 Å². The molecule has 1 aliphatic heterocycles. The van der Waals surface area contributed by atoms with Gasteiger partial charge in [0.15, 0.2) is 5.84 Å². The van der Waals surface area contributed by atoms with E-state index in [2.05, 4.69) is 16.1 Å². The molecule has 0 saturated carbocycles. The molecule has 152 valence electrons. The van der Waals surface area contributed by atoms with E-state index >= 15 is 0 Å². The number of hydrogen-bond donors (Lipinski definition) is 3. The highest BCUT2D eigenvalue weighted by Gasteiger charge is 2.46. The lowest BCUT2D eigenvalue weighted by atomic mass is 9.88. The Bertz CT molecular complexity index is 1020. The van der Waals surface area contributed by atoms with Crippen LogP contribution in [0.3, 0.4) is 0 Å². The number of ether oxygens (including phenoxy) is 1. The molecule has 1 atom stereocenters. The number of aliphatic imine (C=N–C) groups is 3. The maximum atomic E-state index is 8.25. The molecule has 9 heteroatoms. The minimum absolute atomic E-state index is 0. The highest BCUT2D eigenvalue weighted by molar-refractivity contribution is 6.24. The van der Waals surface area contributed by atoms with Crippen LogP contribution < -0.4 is 16.2 Å². The first-order chi connectivity index (χ1) is 13.0. The molecule has 2 aliphatic rings. The molecule has 5 N–H and O–H groups in total. The molecule has 0 amide bonds. The summed E-state index contributed by atoms with van der Waals surface area (Å²) < 4.78 is 5.22. The lowest BCUT2D eigenvalue weighted by Crippen LogP contribution is -2.44. The molecule has 0 saturated heterocycles. The Morgan fingerprint density at radius 1 is 1.10 bits per heavy atom. The summed E-state index contributed by atoms with van der Waals surface area (Å²) in [5.41, 5.74) is 14.5. The number of amidine groups is 2. The van der Waals surface area contributed by atoms with Gasteiger partial charge in [0.05, 0.1) is 12.8 Å². The van der Waals surface area contributed by atoms with Crippen molar-refractivity contribution in [1.82, 2.24) is 0 Å². The number of guanidine groups is 1. The van der Waals surface area contributed by atoms with Crippen molar-refractivity contribution in [1.29, 1.82) is 5.41 Å². The van der Waals surface area contributed by atoms with E-state index in [4.69, 9.17) is 26.6 Å². The van der Waals surface area contributed by atoms with Crippen LogP contribution in [0.15, 0.2) is 63.5 Å². The summed E-state index contributed by atoms with van der Waals surface area (Å²) in [7, 11) is 1.60. The minimum atomic E-state index is -1.32. The summed E-state index contributed by atoms with van der Waals surface area (Å²) in [6, 6.07) is 15.3. The standard InChI is InChI=1S/C20H20N6O.2ClH/c1-27-14-9-7-13(8-10-14)20(17(21)22)18(25-19(23)26-20)24-16-11-6-12-4-2-3-5-15(12)16;;/h2-5,7-10H,6,11H2,1H3,(H3,21,22)(H2,23,26);2*1H. The predicted octanol–water partition coefficient (Wildman–Crippen LogP) is 2.83. The van der Waals surface area contributed by atoms with Gasteiger partial charge in [-0.25, -0.2) is 9.98 Å². The van der Waals surface area contributed by atoms with Crippen molar-refractivity contribution >= 4 is 48.2 Å². The summed E-state index contributed by atoms with van der Waals surface area (Å²) in [5, 5.41) is 8.25. The minimum Gasteiger partial charge on any atom is -0.497 e. The highest BCUT2D eigenvalue weighted by atomic mass is 35.5. The van der Waals surface area contributed by atoms with E-state index in [0.29, 0.717) is 17.1 Å². The van der Waals surface area contributed by atoms with Crippen molar-refractivity contribution < 1.29 is 4.74 Å². The number of fused-ring (bicyclic) bond motifs is 1. The number of hydrogen-bond acceptors (Lipinski definition) is 6. The van der Waals surface area contributed by atoms with E-state index < -0.39 is 5.54 Å². The number of benzene rings is 2. The molecule has 4 rings (SSSR count). The number of nitrogens with zero attached hydrogens (tertiary/aromatic N) is 3. The molecule has 0 bridgehead atoms. The molecule has 0 aromatic heterocycles. The fourth-order valence-electron chi connectivity index (χ4n) is 3.56. The molecule has 7 nitrogen and oxygen atoms in total. The van der Waals surface area contributed by atoms with E-state index in [1.807, 2.05) is 18.2 Å². The summed E-state index contributed by atoms with van der Waals surface area (Å²) in [6.45, 7) is 0. The third-order valence-electron chi connectivity index (χ3n) is 4.92. The van der Waals surface area contributed by atoms with Crippen LogP contribution in [0.5, 0.6) is 5.75 Å². The third-order valence-corrected chi connectivity index (χ3v) is 4.92. The van der Waals surface area contributed by atoms with Gasteiger partial charge >= 0.3 is 0 Å². The van der Waals surface area contributed by atoms with Gasteiger partial charge in [-0.05, 0) is 41.7 Å². The summed E-state index contributed by atoms with van der Waals surface area (Å²) in [4.78, 5) is 13.5. The summed E-state index contributed by atoms with van der Waals surface area (Å²) in [5.74, 6) is 0.903. The monoisotopic (exact) mass is 432 g/mol. The van der Waals surface area contributed by atoms with Gasteiger partial charge in [0, 0.05) is 0 Å². The van der Waals surface area contributed by atoms with E-state index in [1.54, 1.807) is 31.4 Å². The Morgan fingerprint density at radius 3 is 2.45 bits per heavy atom. The lowest BCUT2D eigenvalue weighted by molar-refractivity contribution is 0.414. The Labute approximate surface area is 181 Å². The largest absolute Gasteiger partial charge is 0.497 e. The molecule has 29 heavy (non-hydrogen) atoms. The van der Waals surface area contributed by atoms with Crippen LogP contribution in [0, 0.1) is 5.41 Å². The molecular weight excluding hydrogens is 411 g/mol. The van der Waals surface area contributed by atoms with Crippen molar-refractivity contribution in [2.24, 2.45) is 26.4 Å². The second-order valence-corrected chi connectivity index (χ2v) is 6.47. The molecular formula is C20H22Cl2N6O. The van der Waals surface area contributed by atoms with Crippen molar-refractivity contribution in [3.05, 3.63) is 65.2 Å². The van der Waals surface area contributed by atoms with Gasteiger partial charge in [-0.2, -0.15) is 4.99 Å². The maximum Gasteiger partial charge on any atom is 0.219 e. The number of nitrogens with two attached hydrogens (primary N) is 2. The Morgan fingerprint density at radius 2 is 1.79 bits per heavy atom. The molecule has 0 radical (unpaired) electrons. The van der Waals surface area contributed by atoms with Crippen molar-refractivity contribution in [2.75, 3.05) is 7.11 Å². The van der Waals surface area contributed by atoms with E-state index in [1.165, 1.54) is 5.56 Å². The molecule has 2 aromatic rings. The second kappa shape index (κ2) is 8.63. The fraction of sp³-hybridized carbons (Fsp3) is 0.200. The predicted molar refractivity (Wildman–Crippen MR) is 121 cm³/mol. The van der Waals surface area contributed by atoms with Crippen LogP contribution in [-0.4, -0.2) is 30.5 Å². The van der Waals surface area contributed by atoms with Crippen LogP contribution in [0.25, 0.3) is 0 Å². The van der Waals surface area contributed by atoms with E-state index in [0.717, 1.165) is 24.1 Å². The smallest absolute Gasteiger partial charge is 0.219 e. The first-order valence-electron chi connectivity index (χ1n) is 8.64. The average molecular weight is 433 g/mol. The maximum absolute atomic E-state index is 8.25. The number of methoxy groups -OCH3 is 1. The number of rotatable bonds is 3. The SMILES string of the molecule is COc1ccc(C2(C(=N)N)N=C(N)N=C2N=C2CCc3ccccc32)cc1.Cl.Cl. The van der Waals surface area contributed by atoms with Gasteiger partial charge in [-0.1, -0.05) is 36.4 Å². The topological polar surface area (TPSA) is 122 Å². The first kappa shape index (κ1) is 22.4. The fourth-order valence-corrected chi connectivity index (χ4v) is 3.56. The van der Waals surface area contributed by atoms with Crippen LogP contribution in [0.2, 0.25) is 0 Å². The van der Waals surface area contributed by atoms with Crippen LogP contribution >= 0.6 is 24.8 Å². The second-order valence-electron chi connectivity index (χ2n) is 6.47.